The molecule has 0 saturated heterocycles. The molecule has 1 aromatic carbocycles. The second-order valence-corrected chi connectivity index (χ2v) is 15.5. The lowest BCUT2D eigenvalue weighted by atomic mass is 9.43. The summed E-state index contributed by atoms with van der Waals surface area (Å²) in [6, 6.07) is 4.83. The number of benzene rings is 1. The van der Waals surface area contributed by atoms with Gasteiger partial charge in [-0.25, -0.2) is 4.39 Å². The summed E-state index contributed by atoms with van der Waals surface area (Å²) in [6.07, 6.45) is 10.2. The molecule has 10 atom stereocenters. The van der Waals surface area contributed by atoms with E-state index < -0.39 is 0 Å². The molecular formula is C34H50FNO3. The normalized spacial score (nSPS) is 43.3. The summed E-state index contributed by atoms with van der Waals surface area (Å²) in [4.78, 5) is 15.5. The number of amides is 1. The fourth-order valence-corrected chi connectivity index (χ4v) is 11.1. The largest absolute Gasteiger partial charge is 0.393 e. The number of hydrogen-bond donors (Lipinski definition) is 2. The van der Waals surface area contributed by atoms with E-state index in [1.165, 1.54) is 31.7 Å². The van der Waals surface area contributed by atoms with Crippen LogP contribution in [0.2, 0.25) is 0 Å². The van der Waals surface area contributed by atoms with Crippen LogP contribution in [0, 0.1) is 52.2 Å². The number of rotatable bonds is 4. The average molecular weight is 540 g/mol. The van der Waals surface area contributed by atoms with Gasteiger partial charge >= 0.3 is 0 Å². The quantitative estimate of drug-likeness (QED) is 0.438. The third-order valence-electron chi connectivity index (χ3n) is 13.0. The third kappa shape index (κ3) is 4.31. The summed E-state index contributed by atoms with van der Waals surface area (Å²) in [5.74, 6) is 2.89. The van der Waals surface area contributed by atoms with E-state index in [4.69, 9.17) is 0 Å². The van der Waals surface area contributed by atoms with Gasteiger partial charge < -0.3 is 15.1 Å². The van der Waals surface area contributed by atoms with Crippen molar-refractivity contribution in [2.24, 2.45) is 46.3 Å². The lowest BCUT2D eigenvalue weighted by Gasteiger charge is -2.62. The number of halogens is 1. The molecule has 1 aliphatic heterocycles. The maximum Gasteiger partial charge on any atom is 0.227 e. The highest BCUT2D eigenvalue weighted by Gasteiger charge is 2.62. The van der Waals surface area contributed by atoms with Gasteiger partial charge in [0.05, 0.1) is 12.2 Å². The van der Waals surface area contributed by atoms with Crippen molar-refractivity contribution in [3.63, 3.8) is 0 Å². The van der Waals surface area contributed by atoms with Crippen LogP contribution in [0.1, 0.15) is 104 Å². The molecule has 4 aliphatic carbocycles. The molecule has 5 heteroatoms. The Bertz CT molecular complexity index is 1120. The van der Waals surface area contributed by atoms with Gasteiger partial charge in [-0.2, -0.15) is 0 Å². The molecule has 1 aromatic rings. The number of fused-ring (bicyclic) bond motifs is 6. The van der Waals surface area contributed by atoms with E-state index in [1.54, 1.807) is 12.1 Å². The van der Waals surface area contributed by atoms with Crippen LogP contribution >= 0.6 is 0 Å². The molecule has 216 valence electrons. The number of carbonyl (C=O) groups excluding carboxylic acids is 1. The zero-order valence-corrected chi connectivity index (χ0v) is 24.8. The van der Waals surface area contributed by atoms with Gasteiger partial charge in [0, 0.05) is 17.6 Å². The van der Waals surface area contributed by atoms with Gasteiger partial charge in [0.2, 0.25) is 5.91 Å². The fourth-order valence-electron chi connectivity index (χ4n) is 11.1. The Balaban J connectivity index is 1.15. The molecular weight excluding hydrogens is 489 g/mol. The summed E-state index contributed by atoms with van der Waals surface area (Å²) in [7, 11) is 0. The lowest BCUT2D eigenvalue weighted by Crippen LogP contribution is -2.58. The number of aliphatic hydroxyl groups is 2. The molecule has 0 unspecified atom stereocenters. The smallest absolute Gasteiger partial charge is 0.227 e. The van der Waals surface area contributed by atoms with Crippen molar-refractivity contribution < 1.29 is 19.4 Å². The monoisotopic (exact) mass is 539 g/mol. The van der Waals surface area contributed by atoms with Crippen molar-refractivity contribution >= 4 is 11.6 Å². The zero-order chi connectivity index (χ0) is 27.9. The van der Waals surface area contributed by atoms with E-state index in [1.807, 2.05) is 4.90 Å². The number of hydrogen-bond acceptors (Lipinski definition) is 3. The number of anilines is 1. The minimum Gasteiger partial charge on any atom is -0.393 e. The molecule has 4 saturated carbocycles. The molecule has 1 amide bonds. The van der Waals surface area contributed by atoms with Crippen LogP contribution in [0.25, 0.3) is 0 Å². The van der Waals surface area contributed by atoms with Gasteiger partial charge in [0.15, 0.2) is 0 Å². The predicted octanol–water partition coefficient (Wildman–Crippen LogP) is 6.90. The Hall–Kier alpha value is -1.46. The lowest BCUT2D eigenvalue weighted by molar-refractivity contribution is -0.174. The van der Waals surface area contributed by atoms with E-state index in [9.17, 15) is 19.4 Å². The third-order valence-corrected chi connectivity index (χ3v) is 13.0. The van der Waals surface area contributed by atoms with Crippen molar-refractivity contribution in [2.75, 3.05) is 4.90 Å². The van der Waals surface area contributed by atoms with Crippen molar-refractivity contribution in [2.45, 2.75) is 123 Å². The Labute approximate surface area is 234 Å². The summed E-state index contributed by atoms with van der Waals surface area (Å²) in [6.45, 7) is 11.5. The summed E-state index contributed by atoms with van der Waals surface area (Å²) < 4.78 is 13.9. The Kier molecular flexibility index (Phi) is 6.78. The number of nitrogens with zero attached hydrogens (tertiary/aromatic N) is 1. The zero-order valence-electron chi connectivity index (χ0n) is 24.8. The Morgan fingerprint density at radius 1 is 1.03 bits per heavy atom. The Morgan fingerprint density at radius 3 is 2.51 bits per heavy atom. The first-order valence-corrected chi connectivity index (χ1v) is 15.8. The standard InChI is InChI=1S/C34H50FNO3/c1-20(6-11-30(39)36-28-10-7-23(35)16-21(28)19-32(36,2)3)25-8-9-26-31-27(13-15-34(25,26)5)33(4)14-12-24(37)17-22(33)18-29(31)38/h7,10,16,20,22,24-27,29,31,37-38H,6,8-9,11-15,17-19H2,1-5H3/t20-,22+,24-,25-,26+,27+,29-,31+,33+,34-/m1/s1. The van der Waals surface area contributed by atoms with Gasteiger partial charge in [-0.3, -0.25) is 4.79 Å². The van der Waals surface area contributed by atoms with Crippen molar-refractivity contribution in [3.05, 3.63) is 29.6 Å². The van der Waals surface area contributed by atoms with Crippen LogP contribution in [0.15, 0.2) is 18.2 Å². The maximum atomic E-state index is 13.9. The second-order valence-electron chi connectivity index (χ2n) is 15.5. The van der Waals surface area contributed by atoms with Crippen LogP contribution in [0.4, 0.5) is 10.1 Å². The van der Waals surface area contributed by atoms with E-state index in [2.05, 4.69) is 34.6 Å². The molecule has 1 heterocycles. The number of carbonyl (C=O) groups is 1. The van der Waals surface area contributed by atoms with Crippen molar-refractivity contribution in [1.29, 1.82) is 0 Å². The van der Waals surface area contributed by atoms with Crippen molar-refractivity contribution in [3.8, 4) is 0 Å². The predicted molar refractivity (Wildman–Crippen MR) is 153 cm³/mol. The maximum absolute atomic E-state index is 13.9. The molecule has 4 nitrogen and oxygen atoms in total. The highest BCUT2D eigenvalue weighted by molar-refractivity contribution is 5.97. The molecule has 0 bridgehead atoms. The van der Waals surface area contributed by atoms with E-state index in [-0.39, 0.29) is 40.3 Å². The molecule has 0 spiro atoms. The molecule has 2 N–H and O–H groups in total. The average Bonchev–Trinajstić information content (AvgIpc) is 3.35. The second kappa shape index (κ2) is 9.54. The highest BCUT2D eigenvalue weighted by Crippen LogP contribution is 2.68. The molecule has 39 heavy (non-hydrogen) atoms. The van der Waals surface area contributed by atoms with Gasteiger partial charge in [-0.15, -0.1) is 0 Å². The van der Waals surface area contributed by atoms with E-state index in [0.29, 0.717) is 48.3 Å². The summed E-state index contributed by atoms with van der Waals surface area (Å²) >= 11 is 0. The van der Waals surface area contributed by atoms with Gasteiger partial charge in [0.1, 0.15) is 5.82 Å². The first kappa shape index (κ1) is 27.7. The first-order chi connectivity index (χ1) is 18.3. The number of aliphatic hydroxyl groups excluding tert-OH is 2. The summed E-state index contributed by atoms with van der Waals surface area (Å²) in [5.41, 5.74) is 1.94. The fraction of sp³-hybridized carbons (Fsp3) is 0.794. The molecule has 5 aliphatic rings. The van der Waals surface area contributed by atoms with Gasteiger partial charge in [-0.1, -0.05) is 20.8 Å². The van der Waals surface area contributed by atoms with Crippen molar-refractivity contribution in [1.82, 2.24) is 0 Å². The highest BCUT2D eigenvalue weighted by atomic mass is 19.1. The van der Waals surface area contributed by atoms with Gasteiger partial charge in [-0.05, 0) is 148 Å². The first-order valence-electron chi connectivity index (χ1n) is 15.8. The van der Waals surface area contributed by atoms with Crippen LogP contribution < -0.4 is 4.90 Å². The van der Waals surface area contributed by atoms with Crippen LogP contribution in [0.3, 0.4) is 0 Å². The van der Waals surface area contributed by atoms with Crippen LogP contribution in [0.5, 0.6) is 0 Å². The minimum atomic E-state index is -0.334. The molecule has 0 radical (unpaired) electrons. The molecule has 0 aromatic heterocycles. The van der Waals surface area contributed by atoms with E-state index >= 15 is 0 Å². The molecule has 6 rings (SSSR count). The van der Waals surface area contributed by atoms with Crippen LogP contribution in [-0.4, -0.2) is 33.9 Å². The van der Waals surface area contributed by atoms with E-state index in [0.717, 1.165) is 43.4 Å². The minimum absolute atomic E-state index is 0.154. The topological polar surface area (TPSA) is 60.8 Å². The molecule has 4 fully saturated rings. The summed E-state index contributed by atoms with van der Waals surface area (Å²) in [5, 5.41) is 21.9. The SMILES string of the molecule is C[C@H](CCC(=O)N1c2ccc(F)cc2CC1(C)C)[C@H]1CC[C@H]2[C@@H]3[C@H](O)C[C@@H]4C[C@H](O)CC[C@]4(C)[C@H]3CC[C@]12C. The Morgan fingerprint density at radius 2 is 1.74 bits per heavy atom. The van der Waals surface area contributed by atoms with Gasteiger partial charge in [0.25, 0.3) is 0 Å². The van der Waals surface area contributed by atoms with Crippen LogP contribution in [-0.2, 0) is 11.2 Å².